The molecule has 1 aliphatic heterocycles. The molecule has 0 spiro atoms. The Morgan fingerprint density at radius 1 is 1.23 bits per heavy atom. The number of carbonyl (C=O) groups is 1. The third-order valence-corrected chi connectivity index (χ3v) is 5.42. The van der Waals surface area contributed by atoms with Gasteiger partial charge >= 0.3 is 0 Å². The van der Waals surface area contributed by atoms with Crippen molar-refractivity contribution < 1.29 is 14.3 Å². The number of phenolic OH excluding ortho intramolecular Hbond substituents is 1. The Bertz CT molecular complexity index is 1140. The van der Waals surface area contributed by atoms with Crippen LogP contribution in [0.4, 0.5) is 4.39 Å². The summed E-state index contributed by atoms with van der Waals surface area (Å²) in [5, 5.41) is 21.8. The van der Waals surface area contributed by atoms with Gasteiger partial charge in [-0.2, -0.15) is 5.26 Å². The van der Waals surface area contributed by atoms with Crippen LogP contribution in [0.15, 0.2) is 55.0 Å². The summed E-state index contributed by atoms with van der Waals surface area (Å²) in [5.74, 6) is -0.319. The molecule has 0 saturated carbocycles. The van der Waals surface area contributed by atoms with Gasteiger partial charge in [-0.25, -0.2) is 9.37 Å². The van der Waals surface area contributed by atoms with Gasteiger partial charge in [0.15, 0.2) is 0 Å². The number of likely N-dealkylation sites (tertiary alicyclic amines) is 1. The van der Waals surface area contributed by atoms with Crippen LogP contribution >= 0.6 is 0 Å². The highest BCUT2D eigenvalue weighted by atomic mass is 19.1. The quantitative estimate of drug-likeness (QED) is 0.614. The fourth-order valence-electron chi connectivity index (χ4n) is 3.77. The molecule has 0 bridgehead atoms. The number of halogens is 1. The minimum Gasteiger partial charge on any atom is -0.508 e. The van der Waals surface area contributed by atoms with Crippen LogP contribution in [0.3, 0.4) is 0 Å². The van der Waals surface area contributed by atoms with Gasteiger partial charge in [-0.3, -0.25) is 4.79 Å². The lowest BCUT2D eigenvalue weighted by molar-refractivity contribution is -0.129. The molecule has 1 saturated heterocycles. The van der Waals surface area contributed by atoms with Crippen molar-refractivity contribution in [2.45, 2.75) is 32.1 Å². The molecule has 3 aromatic rings. The van der Waals surface area contributed by atoms with E-state index in [1.54, 1.807) is 41.7 Å². The number of nitriles is 1. The van der Waals surface area contributed by atoms with Crippen LogP contribution < -0.4 is 5.32 Å². The van der Waals surface area contributed by atoms with Gasteiger partial charge in [-0.1, -0.05) is 18.2 Å². The summed E-state index contributed by atoms with van der Waals surface area (Å²) >= 11 is 0. The SMILES string of the molecule is N#Cc1ccc(Cn2cncc2CNC2CCN(Cc3cccc(O)c3)C2=O)cc1F. The number of aromatic hydroxyl groups is 1. The topological polar surface area (TPSA) is 94.2 Å². The largest absolute Gasteiger partial charge is 0.508 e. The van der Waals surface area contributed by atoms with Gasteiger partial charge in [-0.05, 0) is 41.8 Å². The number of benzene rings is 2. The summed E-state index contributed by atoms with van der Waals surface area (Å²) in [6.07, 6.45) is 4.08. The minimum atomic E-state index is -0.539. The van der Waals surface area contributed by atoms with E-state index in [-0.39, 0.29) is 23.3 Å². The number of nitrogens with zero attached hydrogens (tertiary/aromatic N) is 4. The number of aromatic nitrogens is 2. The molecular weight excluding hydrogens is 397 g/mol. The molecule has 1 fully saturated rings. The second-order valence-electron chi connectivity index (χ2n) is 7.59. The Morgan fingerprint density at radius 2 is 2.06 bits per heavy atom. The zero-order chi connectivity index (χ0) is 21.8. The van der Waals surface area contributed by atoms with Crippen LogP contribution in [0, 0.1) is 17.1 Å². The molecule has 1 atom stereocenters. The van der Waals surface area contributed by atoms with Crippen molar-refractivity contribution in [3.05, 3.63) is 83.2 Å². The van der Waals surface area contributed by atoms with E-state index in [0.717, 1.165) is 16.8 Å². The second kappa shape index (κ2) is 8.98. The molecule has 31 heavy (non-hydrogen) atoms. The Kier molecular flexibility index (Phi) is 5.96. The van der Waals surface area contributed by atoms with E-state index in [1.165, 1.54) is 12.1 Å². The number of rotatable bonds is 7. The number of imidazole rings is 1. The molecule has 2 heterocycles. The van der Waals surface area contributed by atoms with Crippen molar-refractivity contribution in [3.63, 3.8) is 0 Å². The number of carbonyl (C=O) groups excluding carboxylic acids is 1. The number of nitrogens with one attached hydrogen (secondary N) is 1. The molecule has 0 aliphatic carbocycles. The highest BCUT2D eigenvalue weighted by Crippen LogP contribution is 2.18. The maximum atomic E-state index is 13.9. The van der Waals surface area contributed by atoms with Crippen molar-refractivity contribution in [1.29, 1.82) is 5.26 Å². The van der Waals surface area contributed by atoms with E-state index in [9.17, 15) is 14.3 Å². The molecule has 1 amide bonds. The predicted molar refractivity (Wildman–Crippen MR) is 111 cm³/mol. The molecule has 8 heteroatoms. The summed E-state index contributed by atoms with van der Waals surface area (Å²) in [4.78, 5) is 18.7. The molecule has 0 radical (unpaired) electrons. The van der Waals surface area contributed by atoms with E-state index >= 15 is 0 Å². The highest BCUT2D eigenvalue weighted by molar-refractivity contribution is 5.84. The van der Waals surface area contributed by atoms with E-state index < -0.39 is 5.82 Å². The van der Waals surface area contributed by atoms with E-state index in [2.05, 4.69) is 10.3 Å². The number of hydrogen-bond donors (Lipinski definition) is 2. The third kappa shape index (κ3) is 4.73. The summed E-state index contributed by atoms with van der Waals surface area (Å²) in [7, 11) is 0. The zero-order valence-corrected chi connectivity index (χ0v) is 16.8. The van der Waals surface area contributed by atoms with Gasteiger partial charge < -0.3 is 19.9 Å². The zero-order valence-electron chi connectivity index (χ0n) is 16.8. The first-order valence-corrected chi connectivity index (χ1v) is 10.0. The van der Waals surface area contributed by atoms with Crippen molar-refractivity contribution in [2.24, 2.45) is 0 Å². The van der Waals surface area contributed by atoms with Crippen LogP contribution in [0.25, 0.3) is 0 Å². The van der Waals surface area contributed by atoms with Gasteiger partial charge in [0.2, 0.25) is 5.91 Å². The van der Waals surface area contributed by atoms with Crippen molar-refractivity contribution >= 4 is 5.91 Å². The number of hydrogen-bond acceptors (Lipinski definition) is 5. The fraction of sp³-hybridized carbons (Fsp3) is 0.261. The van der Waals surface area contributed by atoms with E-state index in [0.29, 0.717) is 32.6 Å². The average molecular weight is 419 g/mol. The van der Waals surface area contributed by atoms with Gasteiger partial charge in [0.05, 0.1) is 23.6 Å². The lowest BCUT2D eigenvalue weighted by atomic mass is 10.1. The smallest absolute Gasteiger partial charge is 0.240 e. The number of amides is 1. The third-order valence-electron chi connectivity index (χ3n) is 5.42. The van der Waals surface area contributed by atoms with Gasteiger partial charge in [-0.15, -0.1) is 0 Å². The Morgan fingerprint density at radius 3 is 2.84 bits per heavy atom. The molecule has 1 aromatic heterocycles. The lowest BCUT2D eigenvalue weighted by Crippen LogP contribution is -2.38. The molecule has 7 nitrogen and oxygen atoms in total. The molecule has 1 unspecified atom stereocenters. The first-order chi connectivity index (χ1) is 15.0. The van der Waals surface area contributed by atoms with Gasteiger partial charge in [0.25, 0.3) is 0 Å². The average Bonchev–Trinajstić information content (AvgIpc) is 3.33. The van der Waals surface area contributed by atoms with Crippen LogP contribution in [-0.2, 0) is 24.4 Å². The first kappa shape index (κ1) is 20.6. The van der Waals surface area contributed by atoms with Crippen LogP contribution in [0.2, 0.25) is 0 Å². The summed E-state index contributed by atoms with van der Waals surface area (Å²) in [6, 6.07) is 13.0. The van der Waals surface area contributed by atoms with Crippen LogP contribution in [0.1, 0.15) is 28.8 Å². The maximum absolute atomic E-state index is 13.9. The Hall–Kier alpha value is -3.70. The van der Waals surface area contributed by atoms with Crippen molar-refractivity contribution in [2.75, 3.05) is 6.54 Å². The number of phenols is 1. The summed E-state index contributed by atoms with van der Waals surface area (Å²) in [6.45, 7) is 1.99. The highest BCUT2D eigenvalue weighted by Gasteiger charge is 2.31. The van der Waals surface area contributed by atoms with Crippen molar-refractivity contribution in [3.8, 4) is 11.8 Å². The standard InChI is InChI=1S/C23H22FN5O2/c24-21-9-17(4-5-18(21)10-25)14-29-15-26-11-19(29)12-27-22-6-7-28(23(22)31)13-16-2-1-3-20(30)8-16/h1-5,8-9,11,15,22,27,30H,6-7,12-14H2. The molecule has 4 rings (SSSR count). The fourth-order valence-corrected chi connectivity index (χ4v) is 3.77. The monoisotopic (exact) mass is 419 g/mol. The molecule has 1 aliphatic rings. The second-order valence-corrected chi connectivity index (χ2v) is 7.59. The van der Waals surface area contributed by atoms with E-state index in [1.807, 2.05) is 16.7 Å². The molecular formula is C23H22FN5O2. The predicted octanol–water partition coefficient (Wildman–Crippen LogP) is 2.54. The maximum Gasteiger partial charge on any atom is 0.240 e. The normalized spacial score (nSPS) is 15.9. The lowest BCUT2D eigenvalue weighted by Gasteiger charge is -2.17. The summed E-state index contributed by atoms with van der Waals surface area (Å²) in [5.41, 5.74) is 2.52. The van der Waals surface area contributed by atoms with Gasteiger partial charge in [0, 0.05) is 32.4 Å². The minimum absolute atomic E-state index is 0.0197. The molecule has 2 N–H and O–H groups in total. The van der Waals surface area contributed by atoms with Crippen LogP contribution in [-0.4, -0.2) is 38.1 Å². The Labute approximate surface area is 179 Å². The van der Waals surface area contributed by atoms with E-state index in [4.69, 9.17) is 5.26 Å². The molecule has 158 valence electrons. The first-order valence-electron chi connectivity index (χ1n) is 10.0. The summed E-state index contributed by atoms with van der Waals surface area (Å²) < 4.78 is 15.8. The van der Waals surface area contributed by atoms with Crippen LogP contribution in [0.5, 0.6) is 5.75 Å². The Balaban J connectivity index is 1.35. The molecule has 2 aromatic carbocycles. The van der Waals surface area contributed by atoms with Gasteiger partial charge in [0.1, 0.15) is 17.6 Å². The van der Waals surface area contributed by atoms with Crippen molar-refractivity contribution in [1.82, 2.24) is 19.8 Å².